The van der Waals surface area contributed by atoms with Crippen molar-refractivity contribution in [1.29, 1.82) is 0 Å². The molecule has 4 nitrogen and oxygen atoms in total. The molecule has 0 aliphatic carbocycles. The van der Waals surface area contributed by atoms with E-state index in [2.05, 4.69) is 0 Å². The van der Waals surface area contributed by atoms with Gasteiger partial charge in [0.15, 0.2) is 0 Å². The highest BCUT2D eigenvalue weighted by atomic mass is 35.5. The fourth-order valence-corrected chi connectivity index (χ4v) is 2.58. The lowest BCUT2D eigenvalue weighted by Crippen LogP contribution is -2.30. The second-order valence-electron chi connectivity index (χ2n) is 4.32. The number of likely N-dealkylation sites (tertiary alicyclic amines) is 1. The van der Waals surface area contributed by atoms with Crippen molar-refractivity contribution in [2.45, 2.75) is 19.4 Å². The summed E-state index contributed by atoms with van der Waals surface area (Å²) < 4.78 is 0. The van der Waals surface area contributed by atoms with Crippen molar-refractivity contribution < 1.29 is 14.7 Å². The zero-order chi connectivity index (χ0) is 13.3. The number of rotatable bonds is 3. The van der Waals surface area contributed by atoms with Gasteiger partial charge in [0.05, 0.1) is 12.0 Å². The van der Waals surface area contributed by atoms with E-state index in [0.717, 1.165) is 5.56 Å². The Hall–Kier alpha value is -1.55. The van der Waals surface area contributed by atoms with Crippen molar-refractivity contribution in [1.82, 2.24) is 4.90 Å². The van der Waals surface area contributed by atoms with E-state index >= 15 is 0 Å². The van der Waals surface area contributed by atoms with Crippen molar-refractivity contribution in [3.05, 3.63) is 34.9 Å². The highest BCUT2D eigenvalue weighted by Crippen LogP contribution is 2.38. The van der Waals surface area contributed by atoms with Crippen LogP contribution in [0.15, 0.2) is 24.3 Å². The molecule has 0 saturated carbocycles. The number of hydrogen-bond donors (Lipinski definition) is 1. The van der Waals surface area contributed by atoms with Crippen LogP contribution in [-0.2, 0) is 9.59 Å². The Balaban J connectivity index is 2.39. The van der Waals surface area contributed by atoms with E-state index < -0.39 is 17.9 Å². The molecule has 1 aromatic carbocycles. The van der Waals surface area contributed by atoms with Crippen LogP contribution < -0.4 is 0 Å². The molecular weight excluding hydrogens is 254 g/mol. The van der Waals surface area contributed by atoms with Crippen LogP contribution in [0.5, 0.6) is 0 Å². The normalized spacial score (nSPS) is 23.4. The zero-order valence-corrected chi connectivity index (χ0v) is 10.7. The van der Waals surface area contributed by atoms with Crippen LogP contribution in [0.4, 0.5) is 0 Å². The minimum atomic E-state index is -0.931. The minimum Gasteiger partial charge on any atom is -0.481 e. The first-order valence-electron chi connectivity index (χ1n) is 5.82. The van der Waals surface area contributed by atoms with Crippen LogP contribution in [0.2, 0.25) is 5.02 Å². The predicted molar refractivity (Wildman–Crippen MR) is 67.3 cm³/mol. The van der Waals surface area contributed by atoms with E-state index in [-0.39, 0.29) is 12.3 Å². The van der Waals surface area contributed by atoms with Crippen molar-refractivity contribution in [3.63, 3.8) is 0 Å². The maximum Gasteiger partial charge on any atom is 0.309 e. The fourth-order valence-electron chi connectivity index (χ4n) is 2.46. The third-order valence-corrected chi connectivity index (χ3v) is 3.55. The SMILES string of the molecule is CCN1C(=O)CC(C(=O)O)C1c1ccc(Cl)cc1. The lowest BCUT2D eigenvalue weighted by molar-refractivity contribution is -0.142. The Morgan fingerprint density at radius 1 is 1.44 bits per heavy atom. The van der Waals surface area contributed by atoms with Crippen LogP contribution in [0.3, 0.4) is 0 Å². The van der Waals surface area contributed by atoms with Gasteiger partial charge >= 0.3 is 5.97 Å². The smallest absolute Gasteiger partial charge is 0.309 e. The average Bonchev–Trinajstić information content (AvgIpc) is 2.67. The number of halogens is 1. The molecule has 1 aromatic rings. The van der Waals surface area contributed by atoms with E-state index in [1.54, 1.807) is 29.2 Å². The van der Waals surface area contributed by atoms with E-state index in [9.17, 15) is 14.7 Å². The van der Waals surface area contributed by atoms with Gasteiger partial charge in [0.2, 0.25) is 5.91 Å². The molecule has 0 radical (unpaired) electrons. The van der Waals surface area contributed by atoms with Crippen molar-refractivity contribution >= 4 is 23.5 Å². The van der Waals surface area contributed by atoms with Gasteiger partial charge in [-0.25, -0.2) is 0 Å². The van der Waals surface area contributed by atoms with Crippen molar-refractivity contribution in [2.24, 2.45) is 5.92 Å². The molecule has 2 rings (SSSR count). The van der Waals surface area contributed by atoms with Crippen LogP contribution >= 0.6 is 11.6 Å². The molecule has 18 heavy (non-hydrogen) atoms. The van der Waals surface area contributed by atoms with Crippen molar-refractivity contribution in [3.8, 4) is 0 Å². The summed E-state index contributed by atoms with van der Waals surface area (Å²) in [7, 11) is 0. The molecule has 2 unspecified atom stereocenters. The largest absolute Gasteiger partial charge is 0.481 e. The molecule has 1 N–H and O–H groups in total. The average molecular weight is 268 g/mol. The number of aliphatic carboxylic acids is 1. The molecule has 96 valence electrons. The quantitative estimate of drug-likeness (QED) is 0.914. The molecule has 1 aliphatic rings. The Kier molecular flexibility index (Phi) is 3.57. The van der Waals surface area contributed by atoms with Crippen molar-refractivity contribution in [2.75, 3.05) is 6.54 Å². The number of carbonyl (C=O) groups excluding carboxylic acids is 1. The van der Waals surface area contributed by atoms with E-state index in [0.29, 0.717) is 11.6 Å². The highest BCUT2D eigenvalue weighted by Gasteiger charge is 2.43. The number of benzene rings is 1. The maximum atomic E-state index is 11.8. The predicted octanol–water partition coefficient (Wildman–Crippen LogP) is 2.33. The van der Waals surface area contributed by atoms with Gasteiger partial charge in [0.1, 0.15) is 0 Å². The first-order chi connectivity index (χ1) is 8.54. The Morgan fingerprint density at radius 2 is 2.06 bits per heavy atom. The third kappa shape index (κ3) is 2.20. The summed E-state index contributed by atoms with van der Waals surface area (Å²) in [6.07, 6.45) is 0.0659. The first kappa shape index (κ1) is 12.9. The van der Waals surface area contributed by atoms with Gasteiger partial charge < -0.3 is 10.0 Å². The molecule has 0 spiro atoms. The minimum absolute atomic E-state index is 0.0659. The van der Waals surface area contributed by atoms with Crippen LogP contribution in [0.25, 0.3) is 0 Å². The fraction of sp³-hybridized carbons (Fsp3) is 0.385. The molecule has 1 fully saturated rings. The Morgan fingerprint density at radius 3 is 2.56 bits per heavy atom. The summed E-state index contributed by atoms with van der Waals surface area (Å²) in [5.74, 6) is -1.72. The second-order valence-corrected chi connectivity index (χ2v) is 4.76. The molecular formula is C13H14ClNO3. The Labute approximate surface area is 110 Å². The summed E-state index contributed by atoms with van der Waals surface area (Å²) >= 11 is 5.82. The third-order valence-electron chi connectivity index (χ3n) is 3.30. The van der Waals surface area contributed by atoms with Crippen LogP contribution in [-0.4, -0.2) is 28.4 Å². The monoisotopic (exact) mass is 267 g/mol. The number of carbonyl (C=O) groups is 2. The molecule has 1 amide bonds. The van der Waals surface area contributed by atoms with E-state index in [1.807, 2.05) is 6.92 Å². The summed E-state index contributed by atoms with van der Waals surface area (Å²) in [6.45, 7) is 2.36. The van der Waals surface area contributed by atoms with Gasteiger partial charge in [-0.3, -0.25) is 9.59 Å². The Bertz CT molecular complexity index is 472. The molecule has 0 aromatic heterocycles. The molecule has 2 atom stereocenters. The molecule has 1 aliphatic heterocycles. The number of amides is 1. The van der Waals surface area contributed by atoms with Gasteiger partial charge in [0.25, 0.3) is 0 Å². The van der Waals surface area contributed by atoms with Gasteiger partial charge in [-0.05, 0) is 24.6 Å². The summed E-state index contributed by atoms with van der Waals surface area (Å²) in [5, 5.41) is 9.82. The topological polar surface area (TPSA) is 57.6 Å². The molecule has 5 heteroatoms. The highest BCUT2D eigenvalue weighted by molar-refractivity contribution is 6.30. The van der Waals surface area contributed by atoms with E-state index in [1.165, 1.54) is 0 Å². The molecule has 0 bridgehead atoms. The lowest BCUT2D eigenvalue weighted by atomic mass is 9.94. The molecule has 1 saturated heterocycles. The van der Waals surface area contributed by atoms with Gasteiger partial charge in [-0.15, -0.1) is 0 Å². The number of carboxylic acid groups (broad SMARTS) is 1. The van der Waals surface area contributed by atoms with E-state index in [4.69, 9.17) is 11.6 Å². The summed E-state index contributed by atoms with van der Waals surface area (Å²) in [5.41, 5.74) is 0.819. The maximum absolute atomic E-state index is 11.8. The van der Waals surface area contributed by atoms with Gasteiger partial charge in [-0.2, -0.15) is 0 Å². The summed E-state index contributed by atoms with van der Waals surface area (Å²) in [4.78, 5) is 24.7. The number of carboxylic acids is 1. The number of nitrogens with zero attached hydrogens (tertiary/aromatic N) is 1. The van der Waals surface area contributed by atoms with Gasteiger partial charge in [-0.1, -0.05) is 23.7 Å². The standard InChI is InChI=1S/C13H14ClNO3/c1-2-15-11(16)7-10(13(17)18)12(15)8-3-5-9(14)6-4-8/h3-6,10,12H,2,7H2,1H3,(H,17,18). The van der Waals surface area contributed by atoms with Crippen LogP contribution in [0, 0.1) is 5.92 Å². The summed E-state index contributed by atoms with van der Waals surface area (Å²) in [6, 6.07) is 6.60. The molecule has 1 heterocycles. The van der Waals surface area contributed by atoms with Crippen LogP contribution in [0.1, 0.15) is 24.9 Å². The van der Waals surface area contributed by atoms with Gasteiger partial charge in [0, 0.05) is 18.0 Å². The lowest BCUT2D eigenvalue weighted by Gasteiger charge is -2.26. The number of hydrogen-bond acceptors (Lipinski definition) is 2. The second kappa shape index (κ2) is 4.98. The zero-order valence-electron chi connectivity index (χ0n) is 9.97. The first-order valence-corrected chi connectivity index (χ1v) is 6.20.